The maximum absolute atomic E-state index is 12.6. The van der Waals surface area contributed by atoms with Gasteiger partial charge in [-0.1, -0.05) is 42.5 Å². The average Bonchev–Trinajstić information content (AvgIpc) is 2.86. The van der Waals surface area contributed by atoms with Crippen LogP contribution in [0.2, 0.25) is 0 Å². The van der Waals surface area contributed by atoms with Gasteiger partial charge in [0.15, 0.2) is 0 Å². The maximum Gasteiger partial charge on any atom is 0.246 e. The van der Waals surface area contributed by atoms with Gasteiger partial charge in [0.05, 0.1) is 12.1 Å². The van der Waals surface area contributed by atoms with Gasteiger partial charge in [-0.3, -0.25) is 9.69 Å². The molecule has 1 aromatic heterocycles. The first-order chi connectivity index (χ1) is 16.6. The van der Waals surface area contributed by atoms with Crippen molar-refractivity contribution in [2.45, 2.75) is 13.0 Å². The van der Waals surface area contributed by atoms with E-state index in [1.54, 1.807) is 6.08 Å². The quantitative estimate of drug-likeness (QED) is 0.392. The molecule has 1 aliphatic heterocycles. The van der Waals surface area contributed by atoms with Crippen LogP contribution in [-0.2, 0) is 11.3 Å². The molecule has 0 unspecified atom stereocenters. The lowest BCUT2D eigenvalue weighted by Gasteiger charge is -2.33. The Labute approximate surface area is 202 Å². The number of nitrogens with zero attached hydrogens (tertiary/aromatic N) is 5. The van der Waals surface area contributed by atoms with Crippen molar-refractivity contribution in [1.29, 1.82) is 0 Å². The lowest BCUT2D eigenvalue weighted by Crippen LogP contribution is -2.48. The van der Waals surface area contributed by atoms with Crippen molar-refractivity contribution in [2.24, 2.45) is 0 Å². The van der Waals surface area contributed by atoms with Gasteiger partial charge >= 0.3 is 0 Å². The number of fused-ring (bicyclic) bond motifs is 1. The summed E-state index contributed by atoms with van der Waals surface area (Å²) in [5.74, 6) is 1.78. The van der Waals surface area contributed by atoms with Crippen molar-refractivity contribution >= 4 is 28.7 Å². The molecule has 1 fully saturated rings. The van der Waals surface area contributed by atoms with E-state index >= 15 is 0 Å². The van der Waals surface area contributed by atoms with Gasteiger partial charge in [0.2, 0.25) is 5.91 Å². The number of hydrogen-bond acceptors (Lipinski definition) is 6. The predicted octanol–water partition coefficient (Wildman–Crippen LogP) is 3.35. The van der Waals surface area contributed by atoms with Gasteiger partial charge in [-0.25, -0.2) is 9.97 Å². The van der Waals surface area contributed by atoms with Gasteiger partial charge in [0.25, 0.3) is 0 Å². The fraction of sp³-hybridized carbons (Fsp3) is 0.370. The molecule has 0 atom stereocenters. The van der Waals surface area contributed by atoms with Crippen LogP contribution in [0, 0.1) is 0 Å². The van der Waals surface area contributed by atoms with E-state index in [0.717, 1.165) is 60.7 Å². The van der Waals surface area contributed by atoms with Crippen molar-refractivity contribution in [1.82, 2.24) is 24.7 Å². The second kappa shape index (κ2) is 11.7. The molecule has 1 amide bonds. The maximum atomic E-state index is 12.6. The standard InChI is InChI=1S/C27H34N6O/c1-31(2)16-8-15-28-27-23-11-6-7-12-24(23)29-25(30-27)21-32-17-19-33(20-18-32)26(34)14-13-22-9-4-3-5-10-22/h3-7,9-14H,8,15-21H2,1-2H3,(H,28,29,30)/b14-13+. The Kier molecular flexibility index (Phi) is 8.22. The number of carbonyl (C=O) groups is 1. The zero-order chi connectivity index (χ0) is 23.8. The van der Waals surface area contributed by atoms with Crippen LogP contribution in [0.15, 0.2) is 60.7 Å². The van der Waals surface area contributed by atoms with Crippen molar-refractivity contribution in [3.63, 3.8) is 0 Å². The lowest BCUT2D eigenvalue weighted by molar-refractivity contribution is -0.127. The Morgan fingerprint density at radius 1 is 1.00 bits per heavy atom. The average molecular weight is 459 g/mol. The van der Waals surface area contributed by atoms with Crippen molar-refractivity contribution < 1.29 is 4.79 Å². The molecule has 0 bridgehead atoms. The van der Waals surface area contributed by atoms with Gasteiger partial charge < -0.3 is 15.1 Å². The third-order valence-electron chi connectivity index (χ3n) is 5.99. The largest absolute Gasteiger partial charge is 0.369 e. The third kappa shape index (κ3) is 6.62. The Bertz CT molecular complexity index is 1110. The van der Waals surface area contributed by atoms with E-state index in [-0.39, 0.29) is 5.91 Å². The van der Waals surface area contributed by atoms with Crippen LogP contribution < -0.4 is 5.32 Å². The van der Waals surface area contributed by atoms with E-state index in [2.05, 4.69) is 35.3 Å². The van der Waals surface area contributed by atoms with Crippen LogP contribution >= 0.6 is 0 Å². The highest BCUT2D eigenvalue weighted by molar-refractivity contribution is 5.92. The van der Waals surface area contributed by atoms with Crippen LogP contribution in [0.1, 0.15) is 17.8 Å². The molecule has 2 heterocycles. The highest BCUT2D eigenvalue weighted by Crippen LogP contribution is 2.21. The second-order valence-electron chi connectivity index (χ2n) is 8.93. The number of benzene rings is 2. The number of nitrogens with one attached hydrogen (secondary N) is 1. The molecule has 0 saturated carbocycles. The monoisotopic (exact) mass is 458 g/mol. The van der Waals surface area contributed by atoms with Gasteiger partial charge in [-0.05, 0) is 50.8 Å². The molecule has 4 rings (SSSR count). The second-order valence-corrected chi connectivity index (χ2v) is 8.93. The summed E-state index contributed by atoms with van der Waals surface area (Å²) in [6.07, 6.45) is 4.60. The van der Waals surface area contributed by atoms with E-state index in [9.17, 15) is 4.79 Å². The van der Waals surface area contributed by atoms with Gasteiger partial charge in [0.1, 0.15) is 11.6 Å². The number of rotatable bonds is 9. The Hall–Kier alpha value is -3.29. The molecule has 1 N–H and O–H groups in total. The first-order valence-electron chi connectivity index (χ1n) is 12.0. The molecule has 7 heteroatoms. The summed E-state index contributed by atoms with van der Waals surface area (Å²) in [6, 6.07) is 18.1. The molecule has 34 heavy (non-hydrogen) atoms. The van der Waals surface area contributed by atoms with Gasteiger partial charge in [-0.2, -0.15) is 0 Å². The molecule has 178 valence electrons. The van der Waals surface area contributed by atoms with Crippen molar-refractivity contribution in [3.05, 3.63) is 72.1 Å². The molecular formula is C27H34N6O. The summed E-state index contributed by atoms with van der Waals surface area (Å²) >= 11 is 0. The van der Waals surface area contributed by atoms with Gasteiger partial charge in [-0.15, -0.1) is 0 Å². The Balaban J connectivity index is 1.35. The summed E-state index contributed by atoms with van der Waals surface area (Å²) in [6.45, 7) is 5.63. The van der Waals surface area contributed by atoms with E-state index in [0.29, 0.717) is 19.6 Å². The number of anilines is 1. The lowest BCUT2D eigenvalue weighted by atomic mass is 10.2. The highest BCUT2D eigenvalue weighted by atomic mass is 16.2. The molecule has 2 aromatic carbocycles. The van der Waals surface area contributed by atoms with E-state index < -0.39 is 0 Å². The predicted molar refractivity (Wildman–Crippen MR) is 139 cm³/mol. The molecule has 1 aliphatic rings. The fourth-order valence-electron chi connectivity index (χ4n) is 4.10. The molecule has 7 nitrogen and oxygen atoms in total. The topological polar surface area (TPSA) is 64.6 Å². The Morgan fingerprint density at radius 3 is 2.50 bits per heavy atom. The molecule has 0 spiro atoms. The van der Waals surface area contributed by atoms with Crippen LogP contribution in [0.4, 0.5) is 5.82 Å². The summed E-state index contributed by atoms with van der Waals surface area (Å²) in [7, 11) is 4.18. The molecule has 0 radical (unpaired) electrons. The van der Waals surface area contributed by atoms with Crippen LogP contribution in [0.5, 0.6) is 0 Å². The molecule has 1 saturated heterocycles. The number of carbonyl (C=O) groups excluding carboxylic acids is 1. The number of aromatic nitrogens is 2. The number of amides is 1. The third-order valence-corrected chi connectivity index (χ3v) is 5.99. The van der Waals surface area contributed by atoms with E-state index in [1.165, 1.54) is 0 Å². The Morgan fingerprint density at radius 2 is 1.74 bits per heavy atom. The highest BCUT2D eigenvalue weighted by Gasteiger charge is 2.21. The van der Waals surface area contributed by atoms with E-state index in [1.807, 2.05) is 59.5 Å². The molecular weight excluding hydrogens is 424 g/mol. The minimum atomic E-state index is 0.0645. The van der Waals surface area contributed by atoms with Crippen LogP contribution in [0.3, 0.4) is 0 Å². The zero-order valence-electron chi connectivity index (χ0n) is 20.2. The van der Waals surface area contributed by atoms with Crippen LogP contribution in [0.25, 0.3) is 17.0 Å². The fourth-order valence-corrected chi connectivity index (χ4v) is 4.10. The number of hydrogen-bond donors (Lipinski definition) is 1. The first-order valence-corrected chi connectivity index (χ1v) is 12.0. The molecule has 3 aromatic rings. The zero-order valence-corrected chi connectivity index (χ0v) is 20.2. The molecule has 0 aliphatic carbocycles. The SMILES string of the molecule is CN(C)CCCNc1nc(CN2CCN(C(=O)/C=C/c3ccccc3)CC2)nc2ccccc12. The summed E-state index contributed by atoms with van der Waals surface area (Å²) < 4.78 is 0. The van der Waals surface area contributed by atoms with E-state index in [4.69, 9.17) is 9.97 Å². The number of piperazine rings is 1. The first kappa shape index (κ1) is 23.9. The smallest absolute Gasteiger partial charge is 0.246 e. The van der Waals surface area contributed by atoms with Gasteiger partial charge in [0, 0.05) is 44.2 Å². The normalized spacial score (nSPS) is 14.9. The summed E-state index contributed by atoms with van der Waals surface area (Å²) in [4.78, 5) is 28.7. The van der Waals surface area contributed by atoms with Crippen molar-refractivity contribution in [2.75, 3.05) is 58.7 Å². The number of para-hydroxylation sites is 1. The minimum absolute atomic E-state index is 0.0645. The van der Waals surface area contributed by atoms with Crippen molar-refractivity contribution in [3.8, 4) is 0 Å². The summed E-state index contributed by atoms with van der Waals surface area (Å²) in [5.41, 5.74) is 2.00. The van der Waals surface area contributed by atoms with Crippen LogP contribution in [-0.4, -0.2) is 83.9 Å². The minimum Gasteiger partial charge on any atom is -0.369 e. The summed E-state index contributed by atoms with van der Waals surface area (Å²) in [5, 5.41) is 4.57.